The summed E-state index contributed by atoms with van der Waals surface area (Å²) in [5, 5.41) is 8.49. The molecule has 0 spiro atoms. The number of piperidine rings is 1. The highest BCUT2D eigenvalue weighted by molar-refractivity contribution is 6.33. The van der Waals surface area contributed by atoms with Gasteiger partial charge < -0.3 is 4.90 Å². The minimum absolute atomic E-state index is 0.0662. The second-order valence-electron chi connectivity index (χ2n) is 6.37. The van der Waals surface area contributed by atoms with Crippen molar-refractivity contribution in [1.82, 2.24) is 19.9 Å². The van der Waals surface area contributed by atoms with E-state index in [0.717, 1.165) is 0 Å². The number of fused-ring (bicyclic) bond motifs is 1. The first-order chi connectivity index (χ1) is 12.6. The predicted octanol–water partition coefficient (Wildman–Crippen LogP) is 3.28. The van der Waals surface area contributed by atoms with Crippen LogP contribution in [0, 0.1) is 5.92 Å². The average molecular weight is 369 g/mol. The van der Waals surface area contributed by atoms with E-state index >= 15 is 0 Å². The first-order valence-corrected chi connectivity index (χ1v) is 8.91. The van der Waals surface area contributed by atoms with Crippen molar-refractivity contribution in [3.05, 3.63) is 59.1 Å². The molecule has 7 heteroatoms. The van der Waals surface area contributed by atoms with E-state index in [9.17, 15) is 9.59 Å². The molecule has 1 saturated heterocycles. The minimum Gasteiger partial charge on any atom is -0.339 e. The molecule has 132 valence electrons. The molecule has 0 bridgehead atoms. The molecule has 0 saturated carbocycles. The van der Waals surface area contributed by atoms with Crippen molar-refractivity contribution >= 4 is 34.4 Å². The van der Waals surface area contributed by atoms with Gasteiger partial charge in [0.15, 0.2) is 0 Å². The SMILES string of the molecule is O=C(c1ccccc1Cl)N1CCC(C(=O)n2nnc3ccccc32)CC1. The van der Waals surface area contributed by atoms with Crippen LogP contribution in [0.4, 0.5) is 0 Å². The predicted molar refractivity (Wildman–Crippen MR) is 98.2 cm³/mol. The molecule has 6 nitrogen and oxygen atoms in total. The van der Waals surface area contributed by atoms with Crippen LogP contribution < -0.4 is 0 Å². The van der Waals surface area contributed by atoms with Gasteiger partial charge in [-0.05, 0) is 37.1 Å². The lowest BCUT2D eigenvalue weighted by molar-refractivity contribution is 0.0615. The summed E-state index contributed by atoms with van der Waals surface area (Å²) in [5.74, 6) is -0.327. The van der Waals surface area contributed by atoms with Crippen LogP contribution in [0.25, 0.3) is 11.0 Å². The lowest BCUT2D eigenvalue weighted by Crippen LogP contribution is -2.41. The summed E-state index contributed by atoms with van der Waals surface area (Å²) in [5.41, 5.74) is 1.92. The Kier molecular flexibility index (Phi) is 4.42. The van der Waals surface area contributed by atoms with Crippen LogP contribution in [-0.4, -0.2) is 44.8 Å². The van der Waals surface area contributed by atoms with E-state index in [2.05, 4.69) is 10.3 Å². The second kappa shape index (κ2) is 6.88. The summed E-state index contributed by atoms with van der Waals surface area (Å²) < 4.78 is 1.38. The molecule has 0 unspecified atom stereocenters. The second-order valence-corrected chi connectivity index (χ2v) is 6.78. The number of rotatable bonds is 2. The topological polar surface area (TPSA) is 68.1 Å². The number of amides is 1. The van der Waals surface area contributed by atoms with Gasteiger partial charge in [0.2, 0.25) is 0 Å². The van der Waals surface area contributed by atoms with Gasteiger partial charge in [0.25, 0.3) is 11.8 Å². The Labute approximate surface area is 155 Å². The van der Waals surface area contributed by atoms with Crippen LogP contribution >= 0.6 is 11.6 Å². The maximum atomic E-state index is 12.8. The molecular formula is C19H17ClN4O2. The Morgan fingerprint density at radius 1 is 1.00 bits per heavy atom. The highest BCUT2D eigenvalue weighted by atomic mass is 35.5. The fourth-order valence-electron chi connectivity index (χ4n) is 3.34. The monoisotopic (exact) mass is 368 g/mol. The van der Waals surface area contributed by atoms with Gasteiger partial charge in [-0.1, -0.05) is 41.1 Å². The molecule has 1 aliphatic rings. The van der Waals surface area contributed by atoms with Crippen molar-refractivity contribution in [2.24, 2.45) is 5.92 Å². The average Bonchev–Trinajstić information content (AvgIpc) is 3.11. The molecule has 1 fully saturated rings. The Morgan fingerprint density at radius 3 is 2.46 bits per heavy atom. The van der Waals surface area contributed by atoms with Gasteiger partial charge in [0.05, 0.1) is 16.1 Å². The van der Waals surface area contributed by atoms with E-state index in [1.807, 2.05) is 24.3 Å². The van der Waals surface area contributed by atoms with Crippen molar-refractivity contribution in [3.63, 3.8) is 0 Å². The van der Waals surface area contributed by atoms with Gasteiger partial charge in [-0.3, -0.25) is 9.59 Å². The molecule has 1 amide bonds. The highest BCUT2D eigenvalue weighted by Gasteiger charge is 2.30. The number of halogens is 1. The summed E-state index contributed by atoms with van der Waals surface area (Å²) in [6.07, 6.45) is 1.20. The molecule has 0 aliphatic carbocycles. The summed E-state index contributed by atoms with van der Waals surface area (Å²) >= 11 is 6.12. The molecule has 0 atom stereocenters. The third-order valence-corrected chi connectivity index (χ3v) is 5.13. The van der Waals surface area contributed by atoms with Gasteiger partial charge >= 0.3 is 0 Å². The van der Waals surface area contributed by atoms with Gasteiger partial charge in [0, 0.05) is 19.0 Å². The smallest absolute Gasteiger partial charge is 0.255 e. The van der Waals surface area contributed by atoms with Crippen molar-refractivity contribution in [1.29, 1.82) is 0 Å². The van der Waals surface area contributed by atoms with Crippen LogP contribution in [-0.2, 0) is 0 Å². The Bertz CT molecular complexity index is 976. The summed E-state index contributed by atoms with van der Waals surface area (Å²) in [6.45, 7) is 1.04. The molecule has 0 radical (unpaired) electrons. The molecule has 2 aromatic carbocycles. The van der Waals surface area contributed by atoms with Crippen molar-refractivity contribution in [3.8, 4) is 0 Å². The van der Waals surface area contributed by atoms with Crippen LogP contribution in [0.15, 0.2) is 48.5 Å². The van der Waals surface area contributed by atoms with Crippen LogP contribution in [0.2, 0.25) is 5.02 Å². The largest absolute Gasteiger partial charge is 0.339 e. The zero-order chi connectivity index (χ0) is 18.1. The van der Waals surface area contributed by atoms with Crippen LogP contribution in [0.5, 0.6) is 0 Å². The minimum atomic E-state index is -0.171. The van der Waals surface area contributed by atoms with Crippen molar-refractivity contribution in [2.75, 3.05) is 13.1 Å². The van der Waals surface area contributed by atoms with Gasteiger partial charge in [-0.15, -0.1) is 5.10 Å². The molecule has 1 aromatic heterocycles. The lowest BCUT2D eigenvalue weighted by atomic mass is 9.95. The third-order valence-electron chi connectivity index (χ3n) is 4.80. The standard InChI is InChI=1S/C19H17ClN4O2/c20-15-6-2-1-5-14(15)19(26)23-11-9-13(10-12-23)18(25)24-17-8-4-3-7-16(17)21-22-24/h1-8,13H,9-12H2. The zero-order valence-electron chi connectivity index (χ0n) is 14.0. The highest BCUT2D eigenvalue weighted by Crippen LogP contribution is 2.24. The summed E-state index contributed by atoms with van der Waals surface area (Å²) in [6, 6.07) is 14.4. The van der Waals surface area contributed by atoms with E-state index in [0.29, 0.717) is 47.6 Å². The van der Waals surface area contributed by atoms with Crippen molar-refractivity contribution in [2.45, 2.75) is 12.8 Å². The molecule has 0 N–H and O–H groups in total. The molecule has 2 heterocycles. The van der Waals surface area contributed by atoms with E-state index in [1.165, 1.54) is 4.68 Å². The third kappa shape index (κ3) is 2.97. The fraction of sp³-hybridized carbons (Fsp3) is 0.263. The molecule has 1 aliphatic heterocycles. The number of aromatic nitrogens is 3. The maximum absolute atomic E-state index is 12.8. The number of nitrogens with zero attached hydrogens (tertiary/aromatic N) is 4. The first kappa shape index (κ1) is 16.7. The fourth-order valence-corrected chi connectivity index (χ4v) is 3.56. The van der Waals surface area contributed by atoms with Gasteiger partial charge in [0.1, 0.15) is 5.52 Å². The zero-order valence-corrected chi connectivity index (χ0v) is 14.8. The van der Waals surface area contributed by atoms with E-state index < -0.39 is 0 Å². The Balaban J connectivity index is 1.46. The lowest BCUT2D eigenvalue weighted by Gasteiger charge is -2.31. The van der Waals surface area contributed by atoms with E-state index in [-0.39, 0.29) is 17.7 Å². The summed E-state index contributed by atoms with van der Waals surface area (Å²) in [7, 11) is 0. The van der Waals surface area contributed by atoms with Crippen LogP contribution in [0.1, 0.15) is 28.0 Å². The molecule has 26 heavy (non-hydrogen) atoms. The Morgan fingerprint density at radius 2 is 1.69 bits per heavy atom. The van der Waals surface area contributed by atoms with E-state index in [4.69, 9.17) is 11.6 Å². The number of benzene rings is 2. The van der Waals surface area contributed by atoms with Gasteiger partial charge in [-0.25, -0.2) is 0 Å². The van der Waals surface area contributed by atoms with Crippen LogP contribution in [0.3, 0.4) is 0 Å². The Hall–Kier alpha value is -2.73. The molecule has 3 aromatic rings. The number of hydrogen-bond donors (Lipinski definition) is 0. The first-order valence-electron chi connectivity index (χ1n) is 8.53. The number of likely N-dealkylation sites (tertiary alicyclic amines) is 1. The molecular weight excluding hydrogens is 352 g/mol. The normalized spacial score (nSPS) is 15.3. The summed E-state index contributed by atoms with van der Waals surface area (Å²) in [4.78, 5) is 27.2. The van der Waals surface area contributed by atoms with Gasteiger partial charge in [-0.2, -0.15) is 4.68 Å². The quantitative estimate of drug-likeness (QED) is 0.696. The maximum Gasteiger partial charge on any atom is 0.255 e. The molecule has 4 rings (SSSR count). The number of carbonyl (C=O) groups is 2. The number of hydrogen-bond acceptors (Lipinski definition) is 4. The number of para-hydroxylation sites is 1. The van der Waals surface area contributed by atoms with Crippen molar-refractivity contribution < 1.29 is 9.59 Å². The van der Waals surface area contributed by atoms with E-state index in [1.54, 1.807) is 29.2 Å². The number of carbonyl (C=O) groups excluding carboxylic acids is 2.